The largest absolute Gasteiger partial charge is 0.417 e. The van der Waals surface area contributed by atoms with Crippen LogP contribution in [0, 0.1) is 5.41 Å². The standard InChI is InChI=1S/C19H17F3N4O3S/c1-18(2)14(10-3-5-13(6-4-10)30(23,27)28)15(18)17-25-16(26-29-17)11-7-12(9-24-8-11)19(20,21)22/h3-9,14-15H,1-2H3,(H2,23,27,28)/t14-,15+/m1/s1. The Morgan fingerprint density at radius 2 is 1.77 bits per heavy atom. The van der Waals surface area contributed by atoms with Gasteiger partial charge < -0.3 is 4.52 Å². The Balaban J connectivity index is 1.61. The zero-order valence-electron chi connectivity index (χ0n) is 15.9. The number of nitrogens with zero attached hydrogens (tertiary/aromatic N) is 3. The van der Waals surface area contributed by atoms with E-state index in [9.17, 15) is 21.6 Å². The summed E-state index contributed by atoms with van der Waals surface area (Å²) in [5.74, 6) is 0.125. The molecule has 0 radical (unpaired) electrons. The third-order valence-electron chi connectivity index (χ3n) is 5.43. The number of sulfonamides is 1. The van der Waals surface area contributed by atoms with Gasteiger partial charge in [0.15, 0.2) is 0 Å². The number of primary sulfonamides is 1. The normalized spacial score (nSPS) is 20.9. The first-order chi connectivity index (χ1) is 13.9. The lowest BCUT2D eigenvalue weighted by atomic mass is 10.0. The summed E-state index contributed by atoms with van der Waals surface area (Å²) < 4.78 is 67.0. The number of alkyl halides is 3. The molecule has 1 aliphatic carbocycles. The van der Waals surface area contributed by atoms with Gasteiger partial charge in [0.2, 0.25) is 21.7 Å². The Morgan fingerprint density at radius 3 is 2.37 bits per heavy atom. The van der Waals surface area contributed by atoms with Gasteiger partial charge in [-0.3, -0.25) is 4.98 Å². The number of nitrogens with two attached hydrogens (primary N) is 1. The van der Waals surface area contributed by atoms with Crippen molar-refractivity contribution < 1.29 is 26.1 Å². The van der Waals surface area contributed by atoms with Gasteiger partial charge in [0.05, 0.1) is 16.4 Å². The number of aromatic nitrogens is 3. The Hall–Kier alpha value is -2.79. The summed E-state index contributed by atoms with van der Waals surface area (Å²) in [5, 5.41) is 8.95. The predicted molar refractivity (Wildman–Crippen MR) is 99.6 cm³/mol. The van der Waals surface area contributed by atoms with E-state index in [0.717, 1.165) is 17.8 Å². The smallest absolute Gasteiger partial charge is 0.339 e. The van der Waals surface area contributed by atoms with Crippen molar-refractivity contribution in [3.63, 3.8) is 0 Å². The molecule has 0 amide bonds. The second kappa shape index (κ2) is 6.61. The van der Waals surface area contributed by atoms with Crippen molar-refractivity contribution in [2.75, 3.05) is 0 Å². The van der Waals surface area contributed by atoms with Crippen LogP contribution in [-0.4, -0.2) is 23.5 Å². The predicted octanol–water partition coefficient (Wildman–Crippen LogP) is 3.71. The van der Waals surface area contributed by atoms with E-state index in [0.29, 0.717) is 5.89 Å². The van der Waals surface area contributed by atoms with Gasteiger partial charge in [0.25, 0.3) is 0 Å². The maximum atomic E-state index is 12.9. The number of pyridine rings is 1. The van der Waals surface area contributed by atoms with Gasteiger partial charge in [0, 0.05) is 23.9 Å². The number of benzene rings is 1. The quantitative estimate of drug-likeness (QED) is 0.665. The Morgan fingerprint density at radius 1 is 1.10 bits per heavy atom. The fourth-order valence-corrected chi connectivity index (χ4v) is 4.30. The number of hydrogen-bond donors (Lipinski definition) is 1. The molecule has 2 N–H and O–H groups in total. The first-order valence-corrected chi connectivity index (χ1v) is 10.4. The first kappa shape index (κ1) is 20.5. The van der Waals surface area contributed by atoms with Crippen molar-refractivity contribution in [3.05, 3.63) is 59.7 Å². The van der Waals surface area contributed by atoms with Crippen LogP contribution < -0.4 is 5.14 Å². The van der Waals surface area contributed by atoms with Crippen molar-refractivity contribution in [2.24, 2.45) is 10.6 Å². The van der Waals surface area contributed by atoms with Crippen LogP contribution in [0.25, 0.3) is 11.4 Å². The van der Waals surface area contributed by atoms with Gasteiger partial charge in [-0.25, -0.2) is 13.6 Å². The van der Waals surface area contributed by atoms with Crippen LogP contribution in [0.1, 0.15) is 42.7 Å². The van der Waals surface area contributed by atoms with Crippen molar-refractivity contribution in [1.82, 2.24) is 15.1 Å². The van der Waals surface area contributed by atoms with Crippen LogP contribution in [0.2, 0.25) is 0 Å². The van der Waals surface area contributed by atoms with Gasteiger partial charge in [-0.2, -0.15) is 18.2 Å². The monoisotopic (exact) mass is 438 g/mol. The van der Waals surface area contributed by atoms with E-state index in [-0.39, 0.29) is 33.5 Å². The Kier molecular flexibility index (Phi) is 4.51. The lowest BCUT2D eigenvalue weighted by Gasteiger charge is -2.05. The molecule has 11 heteroatoms. The van der Waals surface area contributed by atoms with Crippen LogP contribution in [0.3, 0.4) is 0 Å². The second-order valence-electron chi connectivity index (χ2n) is 7.81. The minimum Gasteiger partial charge on any atom is -0.339 e. The highest BCUT2D eigenvalue weighted by atomic mass is 32.2. The van der Waals surface area contributed by atoms with E-state index in [4.69, 9.17) is 9.66 Å². The molecule has 158 valence electrons. The second-order valence-corrected chi connectivity index (χ2v) is 9.37. The Labute approximate surface area is 170 Å². The average Bonchev–Trinajstić information content (AvgIpc) is 3.01. The molecule has 30 heavy (non-hydrogen) atoms. The van der Waals surface area contributed by atoms with Crippen LogP contribution in [0.5, 0.6) is 0 Å². The zero-order valence-corrected chi connectivity index (χ0v) is 16.7. The van der Waals surface area contributed by atoms with Gasteiger partial charge >= 0.3 is 6.18 Å². The number of rotatable bonds is 4. The highest BCUT2D eigenvalue weighted by Crippen LogP contribution is 2.69. The molecular weight excluding hydrogens is 421 g/mol. The van der Waals surface area contributed by atoms with E-state index in [1.54, 1.807) is 12.1 Å². The zero-order chi connectivity index (χ0) is 21.9. The van der Waals surface area contributed by atoms with Crippen molar-refractivity contribution >= 4 is 10.0 Å². The van der Waals surface area contributed by atoms with Gasteiger partial charge in [0.1, 0.15) is 0 Å². The number of hydrogen-bond acceptors (Lipinski definition) is 6. The molecule has 1 aromatic carbocycles. The number of halogens is 3. The van der Waals surface area contributed by atoms with Crippen LogP contribution >= 0.6 is 0 Å². The van der Waals surface area contributed by atoms with Gasteiger partial charge in [-0.1, -0.05) is 31.1 Å². The van der Waals surface area contributed by atoms with E-state index in [1.165, 1.54) is 18.3 Å². The van der Waals surface area contributed by atoms with Gasteiger partial charge in [-0.15, -0.1) is 0 Å². The summed E-state index contributed by atoms with van der Waals surface area (Å²) in [6, 6.07) is 7.15. The summed E-state index contributed by atoms with van der Waals surface area (Å²) in [6.45, 7) is 3.98. The van der Waals surface area contributed by atoms with Crippen LogP contribution in [0.15, 0.2) is 52.1 Å². The van der Waals surface area contributed by atoms with Crippen molar-refractivity contribution in [3.8, 4) is 11.4 Å². The first-order valence-electron chi connectivity index (χ1n) is 8.88. The van der Waals surface area contributed by atoms with E-state index < -0.39 is 21.8 Å². The topological polar surface area (TPSA) is 112 Å². The lowest BCUT2D eigenvalue weighted by molar-refractivity contribution is -0.137. The van der Waals surface area contributed by atoms with Crippen LogP contribution in [-0.2, 0) is 16.2 Å². The third-order valence-corrected chi connectivity index (χ3v) is 6.36. The van der Waals surface area contributed by atoms with E-state index in [2.05, 4.69) is 15.1 Å². The molecule has 0 spiro atoms. The van der Waals surface area contributed by atoms with Crippen molar-refractivity contribution in [1.29, 1.82) is 0 Å². The highest BCUT2D eigenvalue weighted by molar-refractivity contribution is 7.89. The average molecular weight is 438 g/mol. The molecule has 0 bridgehead atoms. The fraction of sp³-hybridized carbons (Fsp3) is 0.316. The molecule has 1 saturated carbocycles. The molecule has 4 rings (SSSR count). The molecular formula is C19H17F3N4O3S. The minimum atomic E-state index is -4.53. The molecule has 1 aliphatic rings. The molecule has 2 aromatic heterocycles. The van der Waals surface area contributed by atoms with Crippen molar-refractivity contribution in [2.45, 2.75) is 36.8 Å². The highest BCUT2D eigenvalue weighted by Gasteiger charge is 2.62. The summed E-state index contributed by atoms with van der Waals surface area (Å²) >= 11 is 0. The molecule has 0 aliphatic heterocycles. The summed E-state index contributed by atoms with van der Waals surface area (Å²) in [5.41, 5.74) is -0.185. The molecule has 1 fully saturated rings. The molecule has 3 aromatic rings. The van der Waals surface area contributed by atoms with Crippen LogP contribution in [0.4, 0.5) is 13.2 Å². The Bertz CT molecular complexity index is 1200. The summed E-state index contributed by atoms with van der Waals surface area (Å²) in [4.78, 5) is 7.92. The molecule has 0 unspecified atom stereocenters. The lowest BCUT2D eigenvalue weighted by Crippen LogP contribution is -2.11. The maximum absolute atomic E-state index is 12.9. The summed E-state index contributed by atoms with van der Waals surface area (Å²) in [6.07, 6.45) is -2.55. The fourth-order valence-electron chi connectivity index (χ4n) is 3.78. The van der Waals surface area contributed by atoms with E-state index in [1.807, 2.05) is 13.8 Å². The minimum absolute atomic E-state index is 0.0124. The molecule has 7 nitrogen and oxygen atoms in total. The summed E-state index contributed by atoms with van der Waals surface area (Å²) in [7, 11) is -3.79. The molecule has 0 saturated heterocycles. The van der Waals surface area contributed by atoms with E-state index >= 15 is 0 Å². The maximum Gasteiger partial charge on any atom is 0.417 e. The molecule has 2 atom stereocenters. The third kappa shape index (κ3) is 3.58. The van der Waals surface area contributed by atoms with Gasteiger partial charge in [-0.05, 0) is 29.2 Å². The SMILES string of the molecule is CC1(C)[C@H](c2ccc(S(N)(=O)=O)cc2)[C@H]1c1nc(-c2cncc(C(F)(F)F)c2)no1. The molecule has 2 heterocycles.